The number of esters is 1. The Labute approximate surface area is 195 Å². The first-order valence-corrected chi connectivity index (χ1v) is 10.5. The number of nitrogens with one attached hydrogen (secondary N) is 1. The third kappa shape index (κ3) is 4.47. The highest BCUT2D eigenvalue weighted by Gasteiger charge is 2.41. The van der Waals surface area contributed by atoms with E-state index >= 15 is 0 Å². The van der Waals surface area contributed by atoms with E-state index in [1.807, 2.05) is 6.07 Å². The molecule has 8 nitrogen and oxygen atoms in total. The van der Waals surface area contributed by atoms with Crippen molar-refractivity contribution in [3.8, 4) is 0 Å². The molecule has 170 valence electrons. The Morgan fingerprint density at radius 2 is 1.35 bits per heavy atom. The van der Waals surface area contributed by atoms with E-state index in [9.17, 15) is 24.0 Å². The summed E-state index contributed by atoms with van der Waals surface area (Å²) in [7, 11) is 0. The van der Waals surface area contributed by atoms with Crippen LogP contribution in [0.4, 0.5) is 5.69 Å². The van der Waals surface area contributed by atoms with Gasteiger partial charge in [-0.15, -0.1) is 0 Å². The first-order valence-electron chi connectivity index (χ1n) is 10.5. The third-order valence-electron chi connectivity index (χ3n) is 5.40. The predicted octanol–water partition coefficient (Wildman–Crippen LogP) is 3.35. The second kappa shape index (κ2) is 9.50. The number of anilines is 1. The molecule has 1 aliphatic heterocycles. The quantitative estimate of drug-likeness (QED) is 0.332. The van der Waals surface area contributed by atoms with Crippen LogP contribution in [0.3, 0.4) is 0 Å². The van der Waals surface area contributed by atoms with Gasteiger partial charge in [0, 0.05) is 16.8 Å². The average Bonchev–Trinajstić information content (AvgIpc) is 3.12. The second-order valence-corrected chi connectivity index (χ2v) is 7.63. The number of fused-ring (bicyclic) bond motifs is 1. The van der Waals surface area contributed by atoms with Crippen LogP contribution in [0.5, 0.6) is 0 Å². The molecule has 3 aromatic carbocycles. The molecule has 0 saturated heterocycles. The number of imide groups is 1. The van der Waals surface area contributed by atoms with Gasteiger partial charge >= 0.3 is 5.97 Å². The van der Waals surface area contributed by atoms with Gasteiger partial charge in [0.2, 0.25) is 0 Å². The van der Waals surface area contributed by atoms with Crippen LogP contribution in [-0.2, 0) is 9.53 Å². The molecule has 4 rings (SSSR count). The number of nitrogens with zero attached hydrogens (tertiary/aromatic N) is 1. The van der Waals surface area contributed by atoms with E-state index in [1.165, 1.54) is 31.2 Å². The summed E-state index contributed by atoms with van der Waals surface area (Å²) < 4.78 is 5.08. The van der Waals surface area contributed by atoms with Crippen molar-refractivity contribution in [2.75, 3.05) is 11.9 Å². The van der Waals surface area contributed by atoms with Crippen LogP contribution >= 0.6 is 0 Å². The number of carbonyl (C=O) groups excluding carboxylic acids is 5. The molecule has 1 atom stereocenters. The SMILES string of the molecule is CC(C(=O)OCC(=O)c1ccc(NC(=O)c2ccccc2)cc1)N1C(=O)c2ccccc2C1=O. The standard InChI is InChI=1S/C26H20N2O6/c1-16(28-24(31)20-9-5-6-10-21(20)25(28)32)26(33)34-15-22(29)17-11-13-19(14-12-17)27-23(30)18-7-3-2-4-8-18/h2-14,16H,15H2,1H3,(H,27,30). The molecular formula is C26H20N2O6. The first-order chi connectivity index (χ1) is 16.4. The predicted molar refractivity (Wildman–Crippen MR) is 123 cm³/mol. The zero-order valence-corrected chi connectivity index (χ0v) is 18.2. The van der Waals surface area contributed by atoms with Crippen molar-refractivity contribution in [1.82, 2.24) is 4.90 Å². The molecule has 0 bridgehead atoms. The lowest BCUT2D eigenvalue weighted by molar-refractivity contribution is -0.146. The van der Waals surface area contributed by atoms with E-state index in [0.717, 1.165) is 4.90 Å². The van der Waals surface area contributed by atoms with Gasteiger partial charge in [0.15, 0.2) is 12.4 Å². The van der Waals surface area contributed by atoms with E-state index < -0.39 is 36.2 Å². The minimum Gasteiger partial charge on any atom is -0.456 e. The van der Waals surface area contributed by atoms with Crippen LogP contribution in [0, 0.1) is 0 Å². The van der Waals surface area contributed by atoms with Crippen LogP contribution in [0.25, 0.3) is 0 Å². The zero-order valence-electron chi connectivity index (χ0n) is 18.2. The third-order valence-corrected chi connectivity index (χ3v) is 5.40. The van der Waals surface area contributed by atoms with Gasteiger partial charge in [0.05, 0.1) is 11.1 Å². The molecule has 3 aromatic rings. The molecule has 1 aliphatic rings. The lowest BCUT2D eigenvalue weighted by Gasteiger charge is -2.20. The molecule has 1 N–H and O–H groups in total. The van der Waals surface area contributed by atoms with E-state index in [-0.39, 0.29) is 22.6 Å². The number of hydrogen-bond donors (Lipinski definition) is 1. The summed E-state index contributed by atoms with van der Waals surface area (Å²) in [5.74, 6) is -2.77. The Morgan fingerprint density at radius 3 is 1.94 bits per heavy atom. The van der Waals surface area contributed by atoms with Crippen LogP contribution < -0.4 is 5.32 Å². The fraction of sp³-hybridized carbons (Fsp3) is 0.115. The summed E-state index contributed by atoms with van der Waals surface area (Å²) in [4.78, 5) is 63.0. The maximum absolute atomic E-state index is 12.5. The lowest BCUT2D eigenvalue weighted by atomic mass is 10.1. The number of rotatable bonds is 7. The van der Waals surface area contributed by atoms with Crippen LogP contribution in [0.1, 0.15) is 48.4 Å². The maximum atomic E-state index is 12.5. The molecule has 0 aliphatic carbocycles. The van der Waals surface area contributed by atoms with Crippen molar-refractivity contribution in [3.05, 3.63) is 101 Å². The Kier molecular flexibility index (Phi) is 6.31. The molecule has 0 spiro atoms. The number of ketones is 1. The highest BCUT2D eigenvalue weighted by atomic mass is 16.5. The van der Waals surface area contributed by atoms with Crippen molar-refractivity contribution in [3.63, 3.8) is 0 Å². The van der Waals surface area contributed by atoms with E-state index in [2.05, 4.69) is 5.32 Å². The molecule has 8 heteroatoms. The van der Waals surface area contributed by atoms with Gasteiger partial charge in [0.1, 0.15) is 6.04 Å². The van der Waals surface area contributed by atoms with Gasteiger partial charge in [-0.1, -0.05) is 30.3 Å². The molecule has 1 heterocycles. The topological polar surface area (TPSA) is 110 Å². The van der Waals surface area contributed by atoms with Gasteiger partial charge in [-0.3, -0.25) is 24.1 Å². The summed E-state index contributed by atoms with van der Waals surface area (Å²) in [5.41, 5.74) is 1.73. The molecular weight excluding hydrogens is 436 g/mol. The van der Waals surface area contributed by atoms with Gasteiger partial charge in [-0.2, -0.15) is 0 Å². The molecule has 1 unspecified atom stereocenters. The van der Waals surface area contributed by atoms with Crippen molar-refractivity contribution in [2.45, 2.75) is 13.0 Å². The summed E-state index contributed by atoms with van der Waals surface area (Å²) in [6, 6.07) is 20.0. The number of amides is 3. The number of carbonyl (C=O) groups is 5. The molecule has 34 heavy (non-hydrogen) atoms. The van der Waals surface area contributed by atoms with Gasteiger partial charge in [0.25, 0.3) is 17.7 Å². The Bertz CT molecular complexity index is 1250. The fourth-order valence-corrected chi connectivity index (χ4v) is 3.54. The van der Waals surface area contributed by atoms with Crippen molar-refractivity contribution < 1.29 is 28.7 Å². The van der Waals surface area contributed by atoms with Crippen LogP contribution in [0.15, 0.2) is 78.9 Å². The van der Waals surface area contributed by atoms with Crippen molar-refractivity contribution in [1.29, 1.82) is 0 Å². The monoisotopic (exact) mass is 456 g/mol. The summed E-state index contributed by atoms with van der Waals surface area (Å²) in [6.07, 6.45) is 0. The van der Waals surface area contributed by atoms with E-state index in [4.69, 9.17) is 4.74 Å². The largest absolute Gasteiger partial charge is 0.456 e. The number of Topliss-reactive ketones (excluding diaryl/α,β-unsaturated/α-hetero) is 1. The fourth-order valence-electron chi connectivity index (χ4n) is 3.54. The highest BCUT2D eigenvalue weighted by Crippen LogP contribution is 2.24. The number of ether oxygens (including phenoxy) is 1. The number of hydrogen-bond acceptors (Lipinski definition) is 6. The average molecular weight is 456 g/mol. The number of benzene rings is 3. The van der Waals surface area contributed by atoms with E-state index in [0.29, 0.717) is 11.3 Å². The minimum absolute atomic E-state index is 0.225. The summed E-state index contributed by atoms with van der Waals surface area (Å²) in [6.45, 7) is 0.820. The van der Waals surface area contributed by atoms with Gasteiger partial charge in [-0.25, -0.2) is 4.79 Å². The normalized spacial score (nSPS) is 13.3. The molecule has 0 aromatic heterocycles. The van der Waals surface area contributed by atoms with Gasteiger partial charge < -0.3 is 10.1 Å². The summed E-state index contributed by atoms with van der Waals surface area (Å²) in [5, 5.41) is 2.73. The van der Waals surface area contributed by atoms with E-state index in [1.54, 1.807) is 48.5 Å². The van der Waals surface area contributed by atoms with Crippen LogP contribution in [-0.4, -0.2) is 47.0 Å². The minimum atomic E-state index is -1.18. The maximum Gasteiger partial charge on any atom is 0.329 e. The molecule has 0 radical (unpaired) electrons. The van der Waals surface area contributed by atoms with Gasteiger partial charge in [-0.05, 0) is 55.5 Å². The highest BCUT2D eigenvalue weighted by molar-refractivity contribution is 6.22. The molecule has 3 amide bonds. The van der Waals surface area contributed by atoms with Crippen molar-refractivity contribution >= 4 is 35.2 Å². The molecule has 0 fully saturated rings. The first kappa shape index (κ1) is 22.6. The van der Waals surface area contributed by atoms with Crippen LogP contribution in [0.2, 0.25) is 0 Å². The lowest BCUT2D eigenvalue weighted by Crippen LogP contribution is -2.44. The van der Waals surface area contributed by atoms with Crippen molar-refractivity contribution in [2.24, 2.45) is 0 Å². The Balaban J connectivity index is 1.33. The zero-order chi connectivity index (χ0) is 24.2. The second-order valence-electron chi connectivity index (χ2n) is 7.63. The Morgan fingerprint density at radius 1 is 0.794 bits per heavy atom. The molecule has 0 saturated carbocycles. The summed E-state index contributed by atoms with van der Waals surface area (Å²) >= 11 is 0. The Hall–Kier alpha value is -4.59. The smallest absolute Gasteiger partial charge is 0.329 e.